The van der Waals surface area contributed by atoms with Gasteiger partial charge in [0.15, 0.2) is 0 Å². The van der Waals surface area contributed by atoms with E-state index < -0.39 is 0 Å². The first-order valence-electron chi connectivity index (χ1n) is 5.92. The third-order valence-electron chi connectivity index (χ3n) is 3.45. The molecule has 0 amide bonds. The van der Waals surface area contributed by atoms with E-state index in [2.05, 4.69) is 34.2 Å². The van der Waals surface area contributed by atoms with Crippen LogP contribution < -0.4 is 5.73 Å². The van der Waals surface area contributed by atoms with E-state index in [-0.39, 0.29) is 5.41 Å². The van der Waals surface area contributed by atoms with E-state index >= 15 is 0 Å². The van der Waals surface area contributed by atoms with Crippen LogP contribution in [-0.2, 0) is 12.0 Å². The van der Waals surface area contributed by atoms with Gasteiger partial charge in [0.25, 0.3) is 0 Å². The number of nitrogens with zero attached hydrogens (tertiary/aromatic N) is 2. The lowest BCUT2D eigenvalue weighted by Gasteiger charge is -2.14. The zero-order valence-electron chi connectivity index (χ0n) is 9.63. The Labute approximate surface area is 101 Å². The van der Waals surface area contributed by atoms with Crippen molar-refractivity contribution in [2.24, 2.45) is 5.73 Å². The summed E-state index contributed by atoms with van der Waals surface area (Å²) in [5.41, 5.74) is 7.92. The molecule has 1 aliphatic rings. The lowest BCUT2D eigenvalue weighted by molar-refractivity contribution is 0.748. The van der Waals surface area contributed by atoms with Gasteiger partial charge in [0.2, 0.25) is 0 Å². The molecule has 17 heavy (non-hydrogen) atoms. The average molecular weight is 225 g/mol. The van der Waals surface area contributed by atoms with Crippen LogP contribution in [0.3, 0.4) is 0 Å². The van der Waals surface area contributed by atoms with Gasteiger partial charge in [0.1, 0.15) is 5.82 Å². The smallest absolute Gasteiger partial charge is 0.138 e. The second-order valence-corrected chi connectivity index (χ2v) is 4.57. The Morgan fingerprint density at radius 2 is 1.71 bits per heavy atom. The monoisotopic (exact) mass is 225 g/mol. The van der Waals surface area contributed by atoms with Crippen LogP contribution in [0.4, 0.5) is 0 Å². The lowest BCUT2D eigenvalue weighted by atomic mass is 9.95. The number of rotatable bonds is 3. The summed E-state index contributed by atoms with van der Waals surface area (Å²) in [5.74, 6) is 0.931. The fourth-order valence-electron chi connectivity index (χ4n) is 2.23. The lowest BCUT2D eigenvalue weighted by Crippen LogP contribution is -2.13. The molecule has 1 aliphatic carbocycles. The SMILES string of the molecule is NCc1cnc(C2(c3ccccc3)CC2)nc1. The zero-order valence-corrected chi connectivity index (χ0v) is 9.63. The summed E-state index contributed by atoms with van der Waals surface area (Å²) in [7, 11) is 0. The molecule has 86 valence electrons. The molecule has 3 nitrogen and oxygen atoms in total. The maximum absolute atomic E-state index is 5.56. The van der Waals surface area contributed by atoms with Crippen molar-refractivity contribution in [2.75, 3.05) is 0 Å². The predicted octanol–water partition coefficient (Wildman–Crippen LogP) is 2.02. The minimum atomic E-state index is 0.0639. The highest BCUT2D eigenvalue weighted by Crippen LogP contribution is 2.51. The molecule has 0 spiro atoms. The molecule has 1 aromatic carbocycles. The van der Waals surface area contributed by atoms with Gasteiger partial charge >= 0.3 is 0 Å². The van der Waals surface area contributed by atoms with Gasteiger partial charge in [-0.2, -0.15) is 0 Å². The molecular formula is C14H15N3. The number of benzene rings is 1. The van der Waals surface area contributed by atoms with Crippen molar-refractivity contribution in [1.29, 1.82) is 0 Å². The second-order valence-electron chi connectivity index (χ2n) is 4.57. The quantitative estimate of drug-likeness (QED) is 0.869. The van der Waals surface area contributed by atoms with Gasteiger partial charge in [0, 0.05) is 24.5 Å². The van der Waals surface area contributed by atoms with Crippen molar-refractivity contribution in [1.82, 2.24) is 9.97 Å². The first-order chi connectivity index (χ1) is 8.35. The van der Waals surface area contributed by atoms with Crippen molar-refractivity contribution in [3.05, 3.63) is 59.7 Å². The number of hydrogen-bond acceptors (Lipinski definition) is 3. The van der Waals surface area contributed by atoms with Crippen LogP contribution in [0.5, 0.6) is 0 Å². The molecule has 0 bridgehead atoms. The van der Waals surface area contributed by atoms with E-state index in [9.17, 15) is 0 Å². The van der Waals surface area contributed by atoms with Gasteiger partial charge < -0.3 is 5.73 Å². The van der Waals surface area contributed by atoms with Crippen molar-refractivity contribution >= 4 is 0 Å². The third kappa shape index (κ3) is 1.72. The Morgan fingerprint density at radius 3 is 2.24 bits per heavy atom. The highest BCUT2D eigenvalue weighted by Gasteiger charge is 2.48. The molecular weight excluding hydrogens is 210 g/mol. The Bertz CT molecular complexity index is 501. The Kier molecular flexibility index (Phi) is 2.41. The Balaban J connectivity index is 1.98. The standard InChI is InChI=1S/C14H15N3/c15-8-11-9-16-13(17-10-11)14(6-7-14)12-4-2-1-3-5-12/h1-5,9-10H,6-8,15H2. The highest BCUT2D eigenvalue weighted by molar-refractivity contribution is 5.39. The molecule has 0 saturated heterocycles. The number of aromatic nitrogens is 2. The van der Waals surface area contributed by atoms with Crippen molar-refractivity contribution in [3.63, 3.8) is 0 Å². The van der Waals surface area contributed by atoms with E-state index in [1.807, 2.05) is 18.5 Å². The van der Waals surface area contributed by atoms with Crippen LogP contribution in [0.1, 0.15) is 29.8 Å². The van der Waals surface area contributed by atoms with E-state index in [0.29, 0.717) is 6.54 Å². The van der Waals surface area contributed by atoms with E-state index in [0.717, 1.165) is 24.2 Å². The molecule has 1 saturated carbocycles. The van der Waals surface area contributed by atoms with E-state index in [1.54, 1.807) is 0 Å². The molecule has 1 fully saturated rings. The summed E-state index contributed by atoms with van der Waals surface area (Å²) in [6.45, 7) is 0.499. The summed E-state index contributed by atoms with van der Waals surface area (Å²) >= 11 is 0. The molecule has 0 unspecified atom stereocenters. The molecule has 2 N–H and O–H groups in total. The maximum atomic E-state index is 5.56. The summed E-state index contributed by atoms with van der Waals surface area (Å²) in [4.78, 5) is 8.94. The average Bonchev–Trinajstić information content (AvgIpc) is 3.21. The molecule has 3 rings (SSSR count). The van der Waals surface area contributed by atoms with Gasteiger partial charge in [-0.3, -0.25) is 0 Å². The predicted molar refractivity (Wildman–Crippen MR) is 66.4 cm³/mol. The zero-order chi connectivity index (χ0) is 11.7. The van der Waals surface area contributed by atoms with Gasteiger partial charge in [-0.15, -0.1) is 0 Å². The Morgan fingerprint density at radius 1 is 1.06 bits per heavy atom. The topological polar surface area (TPSA) is 51.8 Å². The van der Waals surface area contributed by atoms with E-state index in [4.69, 9.17) is 5.73 Å². The maximum Gasteiger partial charge on any atom is 0.138 e. The van der Waals surface area contributed by atoms with Gasteiger partial charge in [-0.05, 0) is 18.4 Å². The van der Waals surface area contributed by atoms with Crippen LogP contribution in [0.25, 0.3) is 0 Å². The molecule has 3 heteroatoms. The fourth-order valence-corrected chi connectivity index (χ4v) is 2.23. The largest absolute Gasteiger partial charge is 0.326 e. The number of hydrogen-bond donors (Lipinski definition) is 1. The molecule has 2 aromatic rings. The van der Waals surface area contributed by atoms with Gasteiger partial charge in [-0.1, -0.05) is 30.3 Å². The van der Waals surface area contributed by atoms with Crippen LogP contribution >= 0.6 is 0 Å². The molecule has 1 aromatic heterocycles. The summed E-state index contributed by atoms with van der Waals surface area (Å²) < 4.78 is 0. The highest BCUT2D eigenvalue weighted by atomic mass is 14.9. The van der Waals surface area contributed by atoms with E-state index in [1.165, 1.54) is 5.56 Å². The summed E-state index contributed by atoms with van der Waals surface area (Å²) in [6, 6.07) is 10.5. The minimum absolute atomic E-state index is 0.0639. The van der Waals surface area contributed by atoms with Crippen LogP contribution in [0.2, 0.25) is 0 Å². The normalized spacial score (nSPS) is 16.8. The van der Waals surface area contributed by atoms with Crippen molar-refractivity contribution in [3.8, 4) is 0 Å². The Hall–Kier alpha value is -1.74. The minimum Gasteiger partial charge on any atom is -0.326 e. The molecule has 0 radical (unpaired) electrons. The van der Waals surface area contributed by atoms with Crippen molar-refractivity contribution in [2.45, 2.75) is 24.8 Å². The summed E-state index contributed by atoms with van der Waals surface area (Å²) in [6.07, 6.45) is 5.95. The summed E-state index contributed by atoms with van der Waals surface area (Å²) in [5, 5.41) is 0. The first kappa shape index (κ1) is 10.4. The third-order valence-corrected chi connectivity index (χ3v) is 3.45. The van der Waals surface area contributed by atoms with Crippen LogP contribution in [0, 0.1) is 0 Å². The van der Waals surface area contributed by atoms with Crippen molar-refractivity contribution < 1.29 is 0 Å². The molecule has 0 aliphatic heterocycles. The van der Waals surface area contributed by atoms with Crippen LogP contribution in [-0.4, -0.2) is 9.97 Å². The van der Waals surface area contributed by atoms with Gasteiger partial charge in [-0.25, -0.2) is 9.97 Å². The molecule has 0 atom stereocenters. The van der Waals surface area contributed by atoms with Crippen LogP contribution in [0.15, 0.2) is 42.7 Å². The fraction of sp³-hybridized carbons (Fsp3) is 0.286. The second kappa shape index (κ2) is 3.93. The van der Waals surface area contributed by atoms with Gasteiger partial charge in [0.05, 0.1) is 5.41 Å². The first-order valence-corrected chi connectivity index (χ1v) is 5.92. The number of nitrogens with two attached hydrogens (primary N) is 1. The molecule has 1 heterocycles.